The molecule has 3 aromatic rings. The number of nitrogens with one attached hydrogen (secondary N) is 1. The molecule has 1 N–H and O–H groups in total. The van der Waals surface area contributed by atoms with Gasteiger partial charge in [-0.25, -0.2) is 9.37 Å². The Bertz CT molecular complexity index is 823. The van der Waals surface area contributed by atoms with E-state index in [1.165, 1.54) is 12.1 Å². The lowest BCUT2D eigenvalue weighted by Gasteiger charge is -2.18. The fraction of sp³-hybridized carbons (Fsp3) is 0.188. The molecule has 0 spiro atoms. The van der Waals surface area contributed by atoms with E-state index in [-0.39, 0.29) is 17.4 Å². The number of benzene rings is 1. The Morgan fingerprint density at radius 3 is 2.65 bits per heavy atom. The third-order valence-corrected chi connectivity index (χ3v) is 3.46. The van der Waals surface area contributed by atoms with Crippen molar-refractivity contribution in [3.8, 4) is 0 Å². The summed E-state index contributed by atoms with van der Waals surface area (Å²) < 4.78 is 19.9. The lowest BCUT2D eigenvalue weighted by Crippen LogP contribution is -2.31. The van der Waals surface area contributed by atoms with E-state index < -0.39 is 6.04 Å². The number of nitrogens with zero attached hydrogens (tertiary/aromatic N) is 3. The van der Waals surface area contributed by atoms with Crippen molar-refractivity contribution in [1.29, 1.82) is 0 Å². The van der Waals surface area contributed by atoms with Gasteiger partial charge in [0.15, 0.2) is 5.69 Å². The number of aryl methyl sites for hydroxylation is 2. The molecule has 0 aliphatic heterocycles. The maximum absolute atomic E-state index is 13.2. The normalized spacial score (nSPS) is 12.1. The highest BCUT2D eigenvalue weighted by molar-refractivity contribution is 5.92. The molecule has 7 heteroatoms. The summed E-state index contributed by atoms with van der Waals surface area (Å²) in [5.74, 6) is 0.445. The van der Waals surface area contributed by atoms with Crippen LogP contribution in [-0.4, -0.2) is 20.6 Å². The zero-order chi connectivity index (χ0) is 16.4. The van der Waals surface area contributed by atoms with Gasteiger partial charge in [-0.3, -0.25) is 4.79 Å². The maximum atomic E-state index is 13.2. The first kappa shape index (κ1) is 15.0. The van der Waals surface area contributed by atoms with Crippen LogP contribution in [0.25, 0.3) is 0 Å². The lowest BCUT2D eigenvalue weighted by molar-refractivity contribution is 0.0932. The van der Waals surface area contributed by atoms with Gasteiger partial charge in [-0.2, -0.15) is 0 Å². The molecule has 1 atom stereocenters. The van der Waals surface area contributed by atoms with Crippen LogP contribution >= 0.6 is 0 Å². The van der Waals surface area contributed by atoms with E-state index in [2.05, 4.69) is 15.5 Å². The summed E-state index contributed by atoms with van der Waals surface area (Å²) >= 11 is 0. The minimum atomic E-state index is -0.528. The second kappa shape index (κ2) is 6.04. The Labute approximate surface area is 131 Å². The van der Waals surface area contributed by atoms with Gasteiger partial charge in [0.1, 0.15) is 23.4 Å². The van der Waals surface area contributed by atoms with E-state index in [0.717, 1.165) is 0 Å². The third-order valence-electron chi connectivity index (χ3n) is 3.46. The van der Waals surface area contributed by atoms with Crippen molar-refractivity contribution >= 4 is 5.91 Å². The largest absolute Gasteiger partial charge is 0.361 e. The summed E-state index contributed by atoms with van der Waals surface area (Å²) in [6.45, 7) is 1.71. The minimum absolute atomic E-state index is 0.184. The van der Waals surface area contributed by atoms with Crippen LogP contribution in [-0.2, 0) is 7.05 Å². The minimum Gasteiger partial charge on any atom is -0.361 e. The average molecular weight is 314 g/mol. The zero-order valence-corrected chi connectivity index (χ0v) is 12.7. The molecule has 1 unspecified atom stereocenters. The lowest BCUT2D eigenvalue weighted by atomic mass is 10.1. The van der Waals surface area contributed by atoms with Crippen molar-refractivity contribution in [1.82, 2.24) is 20.0 Å². The number of carbonyl (C=O) groups is 1. The van der Waals surface area contributed by atoms with Crippen LogP contribution in [0.2, 0.25) is 0 Å². The summed E-state index contributed by atoms with van der Waals surface area (Å²) in [4.78, 5) is 16.6. The molecule has 0 saturated carbocycles. The van der Waals surface area contributed by atoms with Crippen LogP contribution < -0.4 is 5.32 Å². The van der Waals surface area contributed by atoms with Gasteiger partial charge in [0.2, 0.25) is 0 Å². The predicted molar refractivity (Wildman–Crippen MR) is 80.2 cm³/mol. The summed E-state index contributed by atoms with van der Waals surface area (Å²) in [6, 6.07) is 6.94. The van der Waals surface area contributed by atoms with Crippen LogP contribution in [0.5, 0.6) is 0 Å². The van der Waals surface area contributed by atoms with Crippen molar-refractivity contribution in [3.05, 3.63) is 71.4 Å². The van der Waals surface area contributed by atoms with E-state index in [1.807, 2.05) is 7.05 Å². The predicted octanol–water partition coefficient (Wildman–Crippen LogP) is 2.38. The monoisotopic (exact) mass is 314 g/mol. The molecular weight excluding hydrogens is 299 g/mol. The number of aromatic nitrogens is 3. The Morgan fingerprint density at radius 1 is 1.35 bits per heavy atom. The van der Waals surface area contributed by atoms with Gasteiger partial charge in [-0.1, -0.05) is 17.3 Å². The molecule has 0 aliphatic carbocycles. The van der Waals surface area contributed by atoms with Gasteiger partial charge < -0.3 is 14.4 Å². The average Bonchev–Trinajstić information content (AvgIpc) is 3.14. The number of halogens is 1. The van der Waals surface area contributed by atoms with Gasteiger partial charge >= 0.3 is 0 Å². The molecule has 0 bridgehead atoms. The Morgan fingerprint density at radius 2 is 2.09 bits per heavy atom. The molecular formula is C16H15FN4O2. The van der Waals surface area contributed by atoms with E-state index in [0.29, 0.717) is 17.1 Å². The van der Waals surface area contributed by atoms with Crippen molar-refractivity contribution in [3.63, 3.8) is 0 Å². The van der Waals surface area contributed by atoms with Gasteiger partial charge in [0.05, 0.1) is 0 Å². The topological polar surface area (TPSA) is 73.0 Å². The first-order chi connectivity index (χ1) is 11.0. The zero-order valence-electron chi connectivity index (χ0n) is 12.7. The van der Waals surface area contributed by atoms with E-state index >= 15 is 0 Å². The second-order valence-corrected chi connectivity index (χ2v) is 5.18. The summed E-state index contributed by atoms with van der Waals surface area (Å²) in [6.07, 6.45) is 3.41. The van der Waals surface area contributed by atoms with Crippen molar-refractivity contribution < 1.29 is 13.7 Å². The Hall–Kier alpha value is -2.96. The summed E-state index contributed by atoms with van der Waals surface area (Å²) in [5, 5.41) is 6.56. The number of imidazole rings is 1. The first-order valence-electron chi connectivity index (χ1n) is 7.01. The van der Waals surface area contributed by atoms with Crippen molar-refractivity contribution in [2.24, 2.45) is 7.05 Å². The molecule has 0 fully saturated rings. The highest BCUT2D eigenvalue weighted by Gasteiger charge is 2.23. The highest BCUT2D eigenvalue weighted by Crippen LogP contribution is 2.21. The smallest absolute Gasteiger partial charge is 0.274 e. The number of hydrogen-bond acceptors (Lipinski definition) is 4. The Balaban J connectivity index is 1.94. The molecule has 0 radical (unpaired) electrons. The van der Waals surface area contributed by atoms with Crippen LogP contribution in [0, 0.1) is 12.7 Å². The molecule has 3 rings (SSSR count). The van der Waals surface area contributed by atoms with E-state index in [4.69, 9.17) is 4.52 Å². The maximum Gasteiger partial charge on any atom is 0.274 e. The molecule has 0 aliphatic rings. The van der Waals surface area contributed by atoms with Gasteiger partial charge in [0, 0.05) is 25.5 Å². The van der Waals surface area contributed by atoms with Gasteiger partial charge in [-0.05, 0) is 24.6 Å². The molecule has 0 saturated heterocycles. The fourth-order valence-electron chi connectivity index (χ4n) is 2.29. The summed E-state index contributed by atoms with van der Waals surface area (Å²) in [5.41, 5.74) is 0.901. The van der Waals surface area contributed by atoms with Crippen molar-refractivity contribution in [2.75, 3.05) is 0 Å². The van der Waals surface area contributed by atoms with Gasteiger partial charge in [-0.15, -0.1) is 0 Å². The molecule has 1 amide bonds. The summed E-state index contributed by atoms with van der Waals surface area (Å²) in [7, 11) is 1.82. The van der Waals surface area contributed by atoms with Crippen LogP contribution in [0.3, 0.4) is 0 Å². The number of amides is 1. The standard InChI is InChI=1S/C16H15FN4O2/c1-10-9-13(20-23-10)16(22)19-14(15-18-7-8-21(15)2)11-3-5-12(17)6-4-11/h3-9,14H,1-2H3,(H,19,22). The molecule has 1 aromatic carbocycles. The third kappa shape index (κ3) is 3.13. The molecule has 23 heavy (non-hydrogen) atoms. The first-order valence-corrected chi connectivity index (χ1v) is 7.01. The number of rotatable bonds is 4. The molecule has 118 valence electrons. The van der Waals surface area contributed by atoms with E-state index in [9.17, 15) is 9.18 Å². The quantitative estimate of drug-likeness (QED) is 0.802. The molecule has 6 nitrogen and oxygen atoms in total. The number of hydrogen-bond donors (Lipinski definition) is 1. The van der Waals surface area contributed by atoms with Crippen LogP contribution in [0.4, 0.5) is 4.39 Å². The Kier molecular flexibility index (Phi) is 3.92. The van der Waals surface area contributed by atoms with Crippen molar-refractivity contribution in [2.45, 2.75) is 13.0 Å². The second-order valence-electron chi connectivity index (χ2n) is 5.18. The van der Waals surface area contributed by atoms with Gasteiger partial charge in [0.25, 0.3) is 5.91 Å². The van der Waals surface area contributed by atoms with Crippen LogP contribution in [0.1, 0.15) is 33.7 Å². The molecule has 2 aromatic heterocycles. The van der Waals surface area contributed by atoms with E-state index in [1.54, 1.807) is 42.1 Å². The SMILES string of the molecule is Cc1cc(C(=O)NC(c2ccc(F)cc2)c2nccn2C)no1. The number of carbonyl (C=O) groups excluding carboxylic acids is 1. The highest BCUT2D eigenvalue weighted by atomic mass is 19.1. The molecule has 2 heterocycles. The fourth-order valence-corrected chi connectivity index (χ4v) is 2.29. The van der Waals surface area contributed by atoms with Crippen LogP contribution in [0.15, 0.2) is 47.2 Å².